The number of amides is 1. The van der Waals surface area contributed by atoms with Gasteiger partial charge in [-0.25, -0.2) is 4.79 Å². The number of para-hydroxylation sites is 1. The van der Waals surface area contributed by atoms with Crippen LogP contribution < -0.4 is 10.1 Å². The highest BCUT2D eigenvalue weighted by molar-refractivity contribution is 5.94. The summed E-state index contributed by atoms with van der Waals surface area (Å²) < 4.78 is 63.1. The number of anilines is 1. The maximum absolute atomic E-state index is 13.5. The van der Waals surface area contributed by atoms with E-state index in [9.17, 15) is 26.7 Å². The summed E-state index contributed by atoms with van der Waals surface area (Å²) in [4.78, 5) is 20.3. The maximum atomic E-state index is 13.5. The molecule has 142 valence electrons. The third-order valence-electron chi connectivity index (χ3n) is 2.44. The molecule has 1 aromatic carbocycles. The number of carboxylic acid groups (broad SMARTS) is 1. The normalized spacial score (nSPS) is 11.2. The molecule has 0 atom stereocenters. The summed E-state index contributed by atoms with van der Waals surface area (Å²) in [6, 6.07) is 8.80. The first-order chi connectivity index (χ1) is 11.9. The van der Waals surface area contributed by atoms with Crippen LogP contribution in [0.5, 0.6) is 5.75 Å². The van der Waals surface area contributed by atoms with Gasteiger partial charge in [0.25, 0.3) is 0 Å². The first-order valence-electron chi connectivity index (χ1n) is 6.67. The van der Waals surface area contributed by atoms with Gasteiger partial charge in [0.15, 0.2) is 5.82 Å². The Labute approximate surface area is 142 Å². The van der Waals surface area contributed by atoms with Gasteiger partial charge in [0, 0.05) is 11.8 Å². The fourth-order valence-electron chi connectivity index (χ4n) is 1.35. The number of aliphatic carboxylic acids is 1. The molecule has 12 heteroatoms. The molecule has 0 fully saturated rings. The molecule has 1 heterocycles. The van der Waals surface area contributed by atoms with E-state index in [-0.39, 0.29) is 11.6 Å². The van der Waals surface area contributed by atoms with Gasteiger partial charge in [0.1, 0.15) is 5.75 Å². The first-order valence-corrected chi connectivity index (χ1v) is 6.67. The van der Waals surface area contributed by atoms with Gasteiger partial charge in [-0.1, -0.05) is 18.2 Å². The number of H-pyrrole nitrogens is 1. The van der Waals surface area contributed by atoms with Crippen LogP contribution in [-0.2, 0) is 9.59 Å². The smallest absolute Gasteiger partial charge is 0.475 e. The molecule has 0 saturated heterocycles. The van der Waals surface area contributed by atoms with Crippen molar-refractivity contribution in [3.05, 3.63) is 42.1 Å². The van der Waals surface area contributed by atoms with Gasteiger partial charge in [-0.05, 0) is 19.1 Å². The van der Waals surface area contributed by atoms with Crippen LogP contribution in [-0.4, -0.2) is 39.5 Å². The van der Waals surface area contributed by atoms with Crippen molar-refractivity contribution in [2.75, 3.05) is 5.32 Å². The summed E-state index contributed by atoms with van der Waals surface area (Å²) in [7, 11) is 0. The number of hydrogen-bond acceptors (Lipinski definition) is 4. The number of carboxylic acids is 1. The molecule has 0 aliphatic rings. The van der Waals surface area contributed by atoms with Gasteiger partial charge in [-0.15, -0.1) is 0 Å². The van der Waals surface area contributed by atoms with Crippen molar-refractivity contribution >= 4 is 17.7 Å². The molecule has 7 nitrogen and oxygen atoms in total. The summed E-state index contributed by atoms with van der Waals surface area (Å²) in [6.45, 7) is 1.68. The quantitative estimate of drug-likeness (QED) is 0.707. The molecular formula is C14H12F5N3O4. The molecule has 0 saturated carbocycles. The molecule has 0 aliphatic carbocycles. The standard InChI is InChI=1S/C12H11F2N3O2.C2HF3O2/c1-8-7-10(17-16-8)15-11(18)12(13,14)19-9-5-3-2-4-6-9;3-2(4,5)1(6)7/h2-7H,1H3,(H2,15,16,17,18);(H,6,7). The molecule has 0 unspecified atom stereocenters. The van der Waals surface area contributed by atoms with Gasteiger partial charge in [0.05, 0.1) is 0 Å². The summed E-state index contributed by atoms with van der Waals surface area (Å²) in [5.74, 6) is -4.42. The van der Waals surface area contributed by atoms with Crippen molar-refractivity contribution in [1.82, 2.24) is 10.2 Å². The largest absolute Gasteiger partial charge is 0.490 e. The number of nitrogens with one attached hydrogen (secondary N) is 2. The van der Waals surface area contributed by atoms with Crippen molar-refractivity contribution in [3.63, 3.8) is 0 Å². The zero-order valence-electron chi connectivity index (χ0n) is 13.0. The van der Waals surface area contributed by atoms with E-state index in [2.05, 4.69) is 14.9 Å². The van der Waals surface area contributed by atoms with Gasteiger partial charge < -0.3 is 15.2 Å². The van der Waals surface area contributed by atoms with Crippen molar-refractivity contribution in [1.29, 1.82) is 0 Å². The average Bonchev–Trinajstić information content (AvgIpc) is 2.92. The molecule has 0 bridgehead atoms. The number of carbonyl (C=O) groups is 2. The highest BCUT2D eigenvalue weighted by Crippen LogP contribution is 2.22. The second-order valence-electron chi connectivity index (χ2n) is 4.63. The second kappa shape index (κ2) is 8.27. The Kier molecular flexibility index (Phi) is 6.64. The average molecular weight is 381 g/mol. The zero-order chi connectivity index (χ0) is 20.0. The summed E-state index contributed by atoms with van der Waals surface area (Å²) in [6.07, 6.45) is -9.06. The summed E-state index contributed by atoms with van der Waals surface area (Å²) in [5, 5.41) is 15.2. The van der Waals surface area contributed by atoms with E-state index in [0.29, 0.717) is 5.69 Å². The Balaban J connectivity index is 0.000000412. The minimum Gasteiger partial charge on any atom is -0.475 e. The number of hydrogen-bond donors (Lipinski definition) is 3. The number of alkyl halides is 5. The van der Waals surface area contributed by atoms with E-state index in [1.165, 1.54) is 30.3 Å². The predicted molar refractivity (Wildman–Crippen MR) is 77.7 cm³/mol. The summed E-state index contributed by atoms with van der Waals surface area (Å²) in [5.41, 5.74) is 0.641. The Hall–Kier alpha value is -3.18. The lowest BCUT2D eigenvalue weighted by atomic mass is 10.3. The van der Waals surface area contributed by atoms with Crippen LogP contribution in [0.1, 0.15) is 5.69 Å². The maximum Gasteiger partial charge on any atom is 0.490 e. The van der Waals surface area contributed by atoms with Crippen LogP contribution in [0.3, 0.4) is 0 Å². The molecule has 26 heavy (non-hydrogen) atoms. The molecule has 2 aromatic rings. The first kappa shape index (κ1) is 20.9. The van der Waals surface area contributed by atoms with E-state index in [4.69, 9.17) is 9.90 Å². The number of rotatable bonds is 4. The lowest BCUT2D eigenvalue weighted by molar-refractivity contribution is -0.192. The minimum absolute atomic E-state index is 0.0128. The van der Waals surface area contributed by atoms with Crippen LogP contribution in [0.25, 0.3) is 0 Å². The SMILES string of the molecule is Cc1cc(NC(=O)C(F)(F)Oc2ccccc2)n[nH]1.O=C(O)C(F)(F)F. The van der Waals surface area contributed by atoms with Crippen molar-refractivity contribution in [2.24, 2.45) is 0 Å². The number of ether oxygens (including phenoxy) is 1. The predicted octanol–water partition coefficient (Wildman–Crippen LogP) is 2.96. The lowest BCUT2D eigenvalue weighted by Crippen LogP contribution is -2.40. The number of benzene rings is 1. The van der Waals surface area contributed by atoms with Crippen LogP contribution in [0.2, 0.25) is 0 Å². The number of aromatic amines is 1. The van der Waals surface area contributed by atoms with Crippen molar-refractivity contribution in [3.8, 4) is 5.75 Å². The van der Waals surface area contributed by atoms with E-state index < -0.39 is 24.2 Å². The molecule has 0 aliphatic heterocycles. The topological polar surface area (TPSA) is 104 Å². The van der Waals surface area contributed by atoms with Gasteiger partial charge >= 0.3 is 24.2 Å². The molecule has 3 N–H and O–H groups in total. The Bertz CT molecular complexity index is 747. The van der Waals surface area contributed by atoms with Crippen LogP contribution >= 0.6 is 0 Å². The Morgan fingerprint density at radius 3 is 2.12 bits per heavy atom. The Morgan fingerprint density at radius 1 is 1.15 bits per heavy atom. The zero-order valence-corrected chi connectivity index (χ0v) is 13.0. The fraction of sp³-hybridized carbons (Fsp3) is 0.214. The van der Waals surface area contributed by atoms with Crippen LogP contribution in [0.15, 0.2) is 36.4 Å². The van der Waals surface area contributed by atoms with Gasteiger partial charge in [-0.2, -0.15) is 27.1 Å². The summed E-state index contributed by atoms with van der Waals surface area (Å²) >= 11 is 0. The molecule has 0 radical (unpaired) electrons. The second-order valence-corrected chi connectivity index (χ2v) is 4.63. The molecular weight excluding hydrogens is 369 g/mol. The van der Waals surface area contributed by atoms with E-state index in [1.807, 2.05) is 5.32 Å². The van der Waals surface area contributed by atoms with E-state index >= 15 is 0 Å². The lowest BCUT2D eigenvalue weighted by Gasteiger charge is -2.16. The minimum atomic E-state index is -5.08. The van der Waals surface area contributed by atoms with Gasteiger partial charge in [-0.3, -0.25) is 9.89 Å². The number of nitrogens with zero attached hydrogens (tertiary/aromatic N) is 1. The van der Waals surface area contributed by atoms with Crippen LogP contribution in [0.4, 0.5) is 27.8 Å². The van der Waals surface area contributed by atoms with E-state index in [0.717, 1.165) is 0 Å². The molecule has 0 spiro atoms. The fourth-order valence-corrected chi connectivity index (χ4v) is 1.35. The number of halogens is 5. The number of aromatic nitrogens is 2. The molecule has 1 amide bonds. The third kappa shape index (κ3) is 6.75. The number of aryl methyl sites for hydroxylation is 1. The van der Waals surface area contributed by atoms with Crippen LogP contribution in [0, 0.1) is 6.92 Å². The highest BCUT2D eigenvalue weighted by Gasteiger charge is 2.42. The van der Waals surface area contributed by atoms with E-state index in [1.54, 1.807) is 13.0 Å². The molecule has 1 aromatic heterocycles. The molecule has 2 rings (SSSR count). The van der Waals surface area contributed by atoms with Gasteiger partial charge in [0.2, 0.25) is 0 Å². The third-order valence-corrected chi connectivity index (χ3v) is 2.44. The monoisotopic (exact) mass is 381 g/mol. The van der Waals surface area contributed by atoms with Crippen molar-refractivity contribution in [2.45, 2.75) is 19.2 Å². The number of carbonyl (C=O) groups excluding carboxylic acids is 1. The Morgan fingerprint density at radius 2 is 1.69 bits per heavy atom. The highest BCUT2D eigenvalue weighted by atomic mass is 19.4. The van der Waals surface area contributed by atoms with Crippen molar-refractivity contribution < 1.29 is 41.4 Å².